The Hall–Kier alpha value is -1.68. The lowest BCUT2D eigenvalue weighted by Crippen LogP contribution is -2.36. The van der Waals surface area contributed by atoms with E-state index in [4.69, 9.17) is 4.98 Å². The number of aromatic amines is 1. The van der Waals surface area contributed by atoms with Crippen LogP contribution in [0.5, 0.6) is 0 Å². The average molecular weight is 298 g/mol. The lowest BCUT2D eigenvalue weighted by molar-refractivity contribution is 0.165. The Kier molecular flexibility index (Phi) is 4.88. The first kappa shape index (κ1) is 15.2. The standard InChI is InChI=1S/C18H26N4/c1-3-18-20-14(2)17(21-18)13-22-9-5-7-16(12-22)10-15-6-4-8-19-11-15/h4,6,8,11,16H,3,5,7,9-10,12-13H2,1-2H3,(H,20,21). The molecule has 0 spiro atoms. The van der Waals surface area contributed by atoms with Crippen LogP contribution in [0.25, 0.3) is 0 Å². The Morgan fingerprint density at radius 1 is 1.41 bits per heavy atom. The number of pyridine rings is 1. The summed E-state index contributed by atoms with van der Waals surface area (Å²) in [7, 11) is 0. The van der Waals surface area contributed by atoms with Gasteiger partial charge in [-0.05, 0) is 50.3 Å². The lowest BCUT2D eigenvalue weighted by atomic mass is 9.92. The minimum atomic E-state index is 0.739. The molecular formula is C18H26N4. The third-order valence-corrected chi connectivity index (χ3v) is 4.59. The molecule has 1 fully saturated rings. The summed E-state index contributed by atoms with van der Waals surface area (Å²) >= 11 is 0. The maximum atomic E-state index is 4.72. The number of aromatic nitrogens is 3. The molecule has 4 heteroatoms. The molecule has 1 aliphatic rings. The lowest BCUT2D eigenvalue weighted by Gasteiger charge is -2.32. The fourth-order valence-electron chi connectivity index (χ4n) is 3.41. The van der Waals surface area contributed by atoms with Crippen LogP contribution in [0.3, 0.4) is 0 Å². The van der Waals surface area contributed by atoms with E-state index in [0.717, 1.165) is 31.1 Å². The number of hydrogen-bond donors (Lipinski definition) is 1. The van der Waals surface area contributed by atoms with Crippen molar-refractivity contribution in [3.8, 4) is 0 Å². The van der Waals surface area contributed by atoms with Crippen LogP contribution < -0.4 is 0 Å². The van der Waals surface area contributed by atoms with Crippen molar-refractivity contribution < 1.29 is 0 Å². The van der Waals surface area contributed by atoms with Crippen LogP contribution in [-0.2, 0) is 19.4 Å². The number of aryl methyl sites for hydroxylation is 2. The highest BCUT2D eigenvalue weighted by Gasteiger charge is 2.21. The molecule has 4 nitrogen and oxygen atoms in total. The van der Waals surface area contributed by atoms with Gasteiger partial charge in [0.25, 0.3) is 0 Å². The molecule has 1 saturated heterocycles. The SMILES string of the molecule is CCc1nc(CN2CCCC(Cc3cccnc3)C2)c(C)[nH]1. The first-order chi connectivity index (χ1) is 10.7. The highest BCUT2D eigenvalue weighted by Crippen LogP contribution is 2.22. The van der Waals surface area contributed by atoms with Gasteiger partial charge >= 0.3 is 0 Å². The fourth-order valence-corrected chi connectivity index (χ4v) is 3.41. The second kappa shape index (κ2) is 7.05. The van der Waals surface area contributed by atoms with Crippen molar-refractivity contribution in [1.29, 1.82) is 0 Å². The molecule has 22 heavy (non-hydrogen) atoms. The summed E-state index contributed by atoms with van der Waals surface area (Å²) in [5, 5.41) is 0. The van der Waals surface area contributed by atoms with Gasteiger partial charge in [0, 0.05) is 37.6 Å². The highest BCUT2D eigenvalue weighted by molar-refractivity contribution is 5.13. The van der Waals surface area contributed by atoms with Gasteiger partial charge in [-0.2, -0.15) is 0 Å². The second-order valence-corrected chi connectivity index (χ2v) is 6.42. The van der Waals surface area contributed by atoms with Crippen LogP contribution >= 0.6 is 0 Å². The number of rotatable bonds is 5. The van der Waals surface area contributed by atoms with E-state index in [1.165, 1.54) is 42.9 Å². The average Bonchev–Trinajstić information content (AvgIpc) is 2.89. The van der Waals surface area contributed by atoms with Crippen LogP contribution in [-0.4, -0.2) is 32.9 Å². The number of nitrogens with zero attached hydrogens (tertiary/aromatic N) is 3. The van der Waals surface area contributed by atoms with Crippen molar-refractivity contribution in [3.63, 3.8) is 0 Å². The van der Waals surface area contributed by atoms with E-state index in [9.17, 15) is 0 Å². The van der Waals surface area contributed by atoms with Gasteiger partial charge in [-0.1, -0.05) is 13.0 Å². The molecule has 1 aliphatic heterocycles. The summed E-state index contributed by atoms with van der Waals surface area (Å²) in [6.07, 6.45) is 8.58. The van der Waals surface area contributed by atoms with Crippen molar-refractivity contribution in [2.24, 2.45) is 5.92 Å². The molecule has 3 rings (SSSR count). The number of H-pyrrole nitrogens is 1. The monoisotopic (exact) mass is 298 g/mol. The molecule has 118 valence electrons. The van der Waals surface area contributed by atoms with Gasteiger partial charge in [0.2, 0.25) is 0 Å². The summed E-state index contributed by atoms with van der Waals surface area (Å²) in [6, 6.07) is 4.23. The highest BCUT2D eigenvalue weighted by atomic mass is 15.1. The molecule has 1 N–H and O–H groups in total. The second-order valence-electron chi connectivity index (χ2n) is 6.42. The summed E-state index contributed by atoms with van der Waals surface area (Å²) in [6.45, 7) is 7.62. The molecule has 0 aromatic carbocycles. The van der Waals surface area contributed by atoms with E-state index in [1.54, 1.807) is 0 Å². The van der Waals surface area contributed by atoms with Crippen LogP contribution in [0.2, 0.25) is 0 Å². The molecule has 0 aliphatic carbocycles. The van der Waals surface area contributed by atoms with Crippen molar-refractivity contribution in [2.45, 2.75) is 46.1 Å². The number of likely N-dealkylation sites (tertiary alicyclic amines) is 1. The number of hydrogen-bond acceptors (Lipinski definition) is 3. The predicted molar refractivity (Wildman–Crippen MR) is 88.6 cm³/mol. The van der Waals surface area contributed by atoms with E-state index in [0.29, 0.717) is 0 Å². The van der Waals surface area contributed by atoms with E-state index in [-0.39, 0.29) is 0 Å². The molecule has 0 amide bonds. The van der Waals surface area contributed by atoms with Crippen molar-refractivity contribution in [3.05, 3.63) is 47.3 Å². The molecule has 0 saturated carbocycles. The van der Waals surface area contributed by atoms with Gasteiger partial charge < -0.3 is 4.98 Å². The first-order valence-corrected chi connectivity index (χ1v) is 8.40. The van der Waals surface area contributed by atoms with Crippen molar-refractivity contribution in [1.82, 2.24) is 19.9 Å². The predicted octanol–water partition coefficient (Wildman–Crippen LogP) is 3.13. The molecule has 2 aromatic heterocycles. The third kappa shape index (κ3) is 3.74. The maximum absolute atomic E-state index is 4.72. The topological polar surface area (TPSA) is 44.8 Å². The summed E-state index contributed by atoms with van der Waals surface area (Å²) in [4.78, 5) is 14.9. The molecule has 0 radical (unpaired) electrons. The van der Waals surface area contributed by atoms with E-state index >= 15 is 0 Å². The third-order valence-electron chi connectivity index (χ3n) is 4.59. The van der Waals surface area contributed by atoms with Crippen molar-refractivity contribution in [2.75, 3.05) is 13.1 Å². The largest absolute Gasteiger partial charge is 0.346 e. The number of nitrogens with one attached hydrogen (secondary N) is 1. The molecule has 2 aromatic rings. The van der Waals surface area contributed by atoms with Gasteiger partial charge in [0.05, 0.1) is 5.69 Å². The molecular weight excluding hydrogens is 272 g/mol. The molecule has 0 bridgehead atoms. The Morgan fingerprint density at radius 3 is 3.05 bits per heavy atom. The Morgan fingerprint density at radius 2 is 2.32 bits per heavy atom. The number of imidazole rings is 1. The quantitative estimate of drug-likeness (QED) is 0.922. The zero-order valence-corrected chi connectivity index (χ0v) is 13.7. The van der Waals surface area contributed by atoms with E-state index in [1.807, 2.05) is 18.5 Å². The Labute approximate surface area is 133 Å². The van der Waals surface area contributed by atoms with E-state index < -0.39 is 0 Å². The van der Waals surface area contributed by atoms with Gasteiger partial charge in [-0.3, -0.25) is 9.88 Å². The smallest absolute Gasteiger partial charge is 0.106 e. The summed E-state index contributed by atoms with van der Waals surface area (Å²) < 4.78 is 0. The van der Waals surface area contributed by atoms with Crippen LogP contribution in [0.1, 0.15) is 42.5 Å². The zero-order valence-electron chi connectivity index (χ0n) is 13.7. The van der Waals surface area contributed by atoms with Crippen LogP contribution in [0, 0.1) is 12.8 Å². The van der Waals surface area contributed by atoms with Gasteiger partial charge in [-0.25, -0.2) is 4.98 Å². The van der Waals surface area contributed by atoms with Crippen LogP contribution in [0.4, 0.5) is 0 Å². The van der Waals surface area contributed by atoms with Crippen LogP contribution in [0.15, 0.2) is 24.5 Å². The van der Waals surface area contributed by atoms with Gasteiger partial charge in [-0.15, -0.1) is 0 Å². The Balaban J connectivity index is 1.59. The minimum absolute atomic E-state index is 0.739. The Bertz CT molecular complexity index is 590. The fraction of sp³-hybridized carbons (Fsp3) is 0.556. The number of piperidine rings is 1. The van der Waals surface area contributed by atoms with Gasteiger partial charge in [0.15, 0.2) is 0 Å². The molecule has 3 heterocycles. The molecule has 1 atom stereocenters. The normalized spacial score (nSPS) is 19.5. The van der Waals surface area contributed by atoms with Crippen molar-refractivity contribution >= 4 is 0 Å². The maximum Gasteiger partial charge on any atom is 0.106 e. The molecule has 1 unspecified atom stereocenters. The van der Waals surface area contributed by atoms with E-state index in [2.05, 4.69) is 34.8 Å². The summed E-state index contributed by atoms with van der Waals surface area (Å²) in [5.41, 5.74) is 3.81. The van der Waals surface area contributed by atoms with Gasteiger partial charge in [0.1, 0.15) is 5.82 Å². The first-order valence-electron chi connectivity index (χ1n) is 8.40. The minimum Gasteiger partial charge on any atom is -0.346 e. The summed E-state index contributed by atoms with van der Waals surface area (Å²) in [5.74, 6) is 1.85. The zero-order chi connectivity index (χ0) is 15.4.